The first-order valence-corrected chi connectivity index (χ1v) is 8.90. The number of hydrogen-bond donors (Lipinski definition) is 1. The molecule has 3 rings (SSSR count). The molecule has 1 N–H and O–H groups in total. The number of amides is 2. The van der Waals surface area contributed by atoms with E-state index in [1.165, 1.54) is 11.8 Å². The zero-order valence-electron chi connectivity index (χ0n) is 13.8. The van der Waals surface area contributed by atoms with E-state index in [4.69, 9.17) is 5.26 Å². The van der Waals surface area contributed by atoms with E-state index >= 15 is 0 Å². The van der Waals surface area contributed by atoms with Crippen LogP contribution < -0.4 is 10.2 Å². The average Bonchev–Trinajstić information content (AvgIpc) is 3.03. The van der Waals surface area contributed by atoms with Crippen LogP contribution in [0.25, 0.3) is 0 Å². The van der Waals surface area contributed by atoms with Crippen LogP contribution in [0.3, 0.4) is 0 Å². The third kappa shape index (κ3) is 3.67. The lowest BCUT2D eigenvalue weighted by Crippen LogP contribution is -2.25. The van der Waals surface area contributed by atoms with Crippen LogP contribution in [0.15, 0.2) is 47.4 Å². The number of nitriles is 1. The van der Waals surface area contributed by atoms with Gasteiger partial charge in [-0.1, -0.05) is 12.1 Å². The van der Waals surface area contributed by atoms with Crippen molar-refractivity contribution in [2.45, 2.75) is 18.2 Å². The summed E-state index contributed by atoms with van der Waals surface area (Å²) in [6.07, 6.45) is 0.785. The zero-order chi connectivity index (χ0) is 17.8. The van der Waals surface area contributed by atoms with Crippen LogP contribution >= 0.6 is 11.8 Å². The zero-order valence-corrected chi connectivity index (χ0v) is 14.6. The molecule has 2 amide bonds. The van der Waals surface area contributed by atoms with Crippen molar-refractivity contribution in [2.24, 2.45) is 0 Å². The first-order valence-electron chi connectivity index (χ1n) is 7.91. The Hall–Kier alpha value is -2.78. The first-order chi connectivity index (χ1) is 12.1. The summed E-state index contributed by atoms with van der Waals surface area (Å²) >= 11 is 1.34. The van der Waals surface area contributed by atoms with Crippen molar-refractivity contribution in [3.8, 4) is 6.07 Å². The molecule has 0 aromatic heterocycles. The van der Waals surface area contributed by atoms with Gasteiger partial charge < -0.3 is 10.2 Å². The van der Waals surface area contributed by atoms with Crippen molar-refractivity contribution in [3.05, 3.63) is 53.6 Å². The molecule has 0 atom stereocenters. The number of carbonyl (C=O) groups excluding carboxylic acids is 2. The van der Waals surface area contributed by atoms with Gasteiger partial charge in [-0.2, -0.15) is 5.26 Å². The second-order valence-corrected chi connectivity index (χ2v) is 6.68. The molecule has 5 nitrogen and oxygen atoms in total. The Balaban J connectivity index is 1.79. The second-order valence-electron chi connectivity index (χ2n) is 5.66. The molecule has 0 saturated heterocycles. The number of rotatable bonds is 4. The Morgan fingerprint density at radius 2 is 2.08 bits per heavy atom. The SMILES string of the molecule is CC(=O)N1CCc2cc(NC(=O)c3ccccc3SCC#N)ccc21. The summed E-state index contributed by atoms with van der Waals surface area (Å²) in [6.45, 7) is 2.23. The molecule has 0 fully saturated rings. The molecule has 1 heterocycles. The second kappa shape index (κ2) is 7.41. The van der Waals surface area contributed by atoms with Crippen LogP contribution in [0.1, 0.15) is 22.8 Å². The van der Waals surface area contributed by atoms with Crippen molar-refractivity contribution in [1.82, 2.24) is 0 Å². The van der Waals surface area contributed by atoms with Crippen molar-refractivity contribution < 1.29 is 9.59 Å². The number of nitrogens with one attached hydrogen (secondary N) is 1. The smallest absolute Gasteiger partial charge is 0.256 e. The van der Waals surface area contributed by atoms with Gasteiger partial charge in [-0.25, -0.2) is 0 Å². The largest absolute Gasteiger partial charge is 0.322 e. The van der Waals surface area contributed by atoms with Gasteiger partial charge in [-0.15, -0.1) is 11.8 Å². The van der Waals surface area contributed by atoms with Gasteiger partial charge >= 0.3 is 0 Å². The number of carbonyl (C=O) groups is 2. The molecule has 0 aliphatic carbocycles. The lowest BCUT2D eigenvalue weighted by molar-refractivity contribution is -0.116. The van der Waals surface area contributed by atoms with E-state index in [2.05, 4.69) is 11.4 Å². The molecule has 0 saturated carbocycles. The Bertz CT molecular complexity index is 873. The maximum atomic E-state index is 12.6. The van der Waals surface area contributed by atoms with Gasteiger partial charge in [0.1, 0.15) is 0 Å². The highest BCUT2D eigenvalue weighted by Gasteiger charge is 2.22. The molecule has 0 radical (unpaired) electrons. The molecular formula is C19H17N3O2S. The predicted molar refractivity (Wildman–Crippen MR) is 98.9 cm³/mol. The van der Waals surface area contributed by atoms with E-state index in [-0.39, 0.29) is 11.8 Å². The van der Waals surface area contributed by atoms with Crippen molar-refractivity contribution >= 4 is 35.0 Å². The number of fused-ring (bicyclic) bond motifs is 1. The summed E-state index contributed by atoms with van der Waals surface area (Å²) in [5.74, 6) is 0.116. The van der Waals surface area contributed by atoms with Crippen LogP contribution in [-0.2, 0) is 11.2 Å². The van der Waals surface area contributed by atoms with E-state index in [1.807, 2.05) is 30.3 Å². The molecule has 0 spiro atoms. The third-order valence-electron chi connectivity index (χ3n) is 4.04. The van der Waals surface area contributed by atoms with Crippen LogP contribution in [0.2, 0.25) is 0 Å². The molecule has 0 bridgehead atoms. The van der Waals surface area contributed by atoms with Gasteiger partial charge in [-0.05, 0) is 42.3 Å². The molecule has 25 heavy (non-hydrogen) atoms. The number of hydrogen-bond acceptors (Lipinski definition) is 4. The topological polar surface area (TPSA) is 73.2 Å². The third-order valence-corrected chi connectivity index (χ3v) is 4.98. The summed E-state index contributed by atoms with van der Waals surface area (Å²) < 4.78 is 0. The maximum Gasteiger partial charge on any atom is 0.256 e. The van der Waals surface area contributed by atoms with Crippen molar-refractivity contribution in [2.75, 3.05) is 22.5 Å². The number of thioether (sulfide) groups is 1. The summed E-state index contributed by atoms with van der Waals surface area (Å²) in [7, 11) is 0. The first kappa shape index (κ1) is 17.1. The molecule has 126 valence electrons. The van der Waals surface area contributed by atoms with E-state index < -0.39 is 0 Å². The highest BCUT2D eigenvalue weighted by Crippen LogP contribution is 2.31. The quantitative estimate of drug-likeness (QED) is 0.856. The van der Waals surface area contributed by atoms with Gasteiger partial charge in [-0.3, -0.25) is 9.59 Å². The Morgan fingerprint density at radius 3 is 2.84 bits per heavy atom. The Labute approximate surface area is 150 Å². The highest BCUT2D eigenvalue weighted by molar-refractivity contribution is 7.99. The van der Waals surface area contributed by atoms with Gasteiger partial charge in [0.2, 0.25) is 5.91 Å². The van der Waals surface area contributed by atoms with Crippen LogP contribution in [-0.4, -0.2) is 24.1 Å². The Kier molecular flexibility index (Phi) is 5.05. The lowest BCUT2D eigenvalue weighted by atomic mass is 10.1. The van der Waals surface area contributed by atoms with Crippen molar-refractivity contribution in [1.29, 1.82) is 5.26 Å². The summed E-state index contributed by atoms with van der Waals surface area (Å²) in [5.41, 5.74) is 3.22. The Morgan fingerprint density at radius 1 is 1.28 bits per heavy atom. The predicted octanol–water partition coefficient (Wildman–Crippen LogP) is 3.46. The van der Waals surface area contributed by atoms with Crippen LogP contribution in [0.4, 0.5) is 11.4 Å². The molecule has 1 aliphatic rings. The monoisotopic (exact) mass is 351 g/mol. The number of anilines is 2. The summed E-state index contributed by atoms with van der Waals surface area (Å²) in [6, 6.07) is 14.9. The molecule has 2 aromatic rings. The normalized spacial score (nSPS) is 12.4. The average molecular weight is 351 g/mol. The molecule has 1 aliphatic heterocycles. The molecule has 6 heteroatoms. The van der Waals surface area contributed by atoms with E-state index in [9.17, 15) is 9.59 Å². The lowest BCUT2D eigenvalue weighted by Gasteiger charge is -2.15. The maximum absolute atomic E-state index is 12.6. The minimum Gasteiger partial charge on any atom is -0.322 e. The highest BCUT2D eigenvalue weighted by atomic mass is 32.2. The minimum atomic E-state index is -0.206. The van der Waals surface area contributed by atoms with E-state index in [1.54, 1.807) is 24.0 Å². The van der Waals surface area contributed by atoms with Gasteiger partial charge in [0.25, 0.3) is 5.91 Å². The molecular weight excluding hydrogens is 334 g/mol. The van der Waals surface area contributed by atoms with Gasteiger partial charge in [0.05, 0.1) is 17.4 Å². The van der Waals surface area contributed by atoms with E-state index in [0.717, 1.165) is 22.6 Å². The van der Waals surface area contributed by atoms with E-state index in [0.29, 0.717) is 23.5 Å². The standard InChI is InChI=1S/C19H17N3O2S/c1-13(23)22-10-8-14-12-15(6-7-17(14)22)21-19(24)16-4-2-3-5-18(16)25-11-9-20/h2-7,12H,8,10-11H2,1H3,(H,21,24). The molecule has 2 aromatic carbocycles. The summed E-state index contributed by atoms with van der Waals surface area (Å²) in [5, 5.41) is 11.7. The van der Waals surface area contributed by atoms with Gasteiger partial charge in [0, 0.05) is 29.7 Å². The minimum absolute atomic E-state index is 0.0268. The fraction of sp³-hybridized carbons (Fsp3) is 0.211. The summed E-state index contributed by atoms with van der Waals surface area (Å²) in [4.78, 5) is 26.7. The fourth-order valence-electron chi connectivity index (χ4n) is 2.90. The van der Waals surface area contributed by atoms with Gasteiger partial charge in [0.15, 0.2) is 0 Å². The molecule has 0 unspecified atom stereocenters. The number of benzene rings is 2. The number of nitrogens with zero attached hydrogens (tertiary/aromatic N) is 2. The fourth-order valence-corrected chi connectivity index (χ4v) is 3.61. The van der Waals surface area contributed by atoms with Crippen LogP contribution in [0, 0.1) is 11.3 Å². The van der Waals surface area contributed by atoms with Crippen molar-refractivity contribution in [3.63, 3.8) is 0 Å². The van der Waals surface area contributed by atoms with Crippen LogP contribution in [0.5, 0.6) is 0 Å².